The lowest BCUT2D eigenvalue weighted by molar-refractivity contribution is 0.415. The summed E-state index contributed by atoms with van der Waals surface area (Å²) in [5, 5.41) is 7.23. The summed E-state index contributed by atoms with van der Waals surface area (Å²) < 4.78 is 5.24. The Bertz CT molecular complexity index is 898. The molecule has 25 heavy (non-hydrogen) atoms. The average molecular weight is 355 g/mol. The van der Waals surface area contributed by atoms with Crippen LogP contribution in [0.3, 0.4) is 0 Å². The van der Waals surface area contributed by atoms with Gasteiger partial charge in [-0.1, -0.05) is 17.7 Å². The van der Waals surface area contributed by atoms with E-state index in [1.54, 1.807) is 7.11 Å². The van der Waals surface area contributed by atoms with Gasteiger partial charge in [-0.25, -0.2) is 4.98 Å². The van der Waals surface area contributed by atoms with Gasteiger partial charge in [-0.3, -0.25) is 0 Å². The van der Waals surface area contributed by atoms with Crippen LogP contribution in [-0.2, 0) is 0 Å². The van der Waals surface area contributed by atoms with Crippen molar-refractivity contribution in [2.24, 2.45) is 0 Å². The highest BCUT2D eigenvalue weighted by Gasteiger charge is 2.06. The fraction of sp³-hybridized carbons (Fsp3) is 0.158. The molecule has 0 amide bonds. The molecule has 0 bridgehead atoms. The molecule has 6 heteroatoms. The molecule has 0 aliphatic rings. The normalized spacial score (nSPS) is 10.4. The van der Waals surface area contributed by atoms with Gasteiger partial charge in [-0.05, 0) is 49.7 Å². The molecule has 0 saturated carbocycles. The van der Waals surface area contributed by atoms with Crippen LogP contribution in [0.25, 0.3) is 0 Å². The Labute approximate surface area is 152 Å². The molecule has 0 radical (unpaired) electrons. The highest BCUT2D eigenvalue weighted by molar-refractivity contribution is 6.30. The number of aromatic nitrogens is 2. The van der Waals surface area contributed by atoms with Gasteiger partial charge in [0.1, 0.15) is 11.6 Å². The van der Waals surface area contributed by atoms with Gasteiger partial charge < -0.3 is 15.4 Å². The van der Waals surface area contributed by atoms with Crippen LogP contribution >= 0.6 is 11.6 Å². The average Bonchev–Trinajstić information content (AvgIpc) is 2.57. The first-order valence-corrected chi connectivity index (χ1v) is 8.21. The van der Waals surface area contributed by atoms with Gasteiger partial charge in [0, 0.05) is 34.2 Å². The number of benzene rings is 2. The molecule has 0 atom stereocenters. The Kier molecular flexibility index (Phi) is 5.05. The predicted molar refractivity (Wildman–Crippen MR) is 103 cm³/mol. The molecule has 0 aliphatic carbocycles. The Balaban J connectivity index is 1.84. The highest BCUT2D eigenvalue weighted by Crippen LogP contribution is 2.25. The van der Waals surface area contributed by atoms with Gasteiger partial charge in [0.25, 0.3) is 0 Å². The van der Waals surface area contributed by atoms with E-state index in [-0.39, 0.29) is 0 Å². The van der Waals surface area contributed by atoms with Crippen LogP contribution in [0.1, 0.15) is 11.3 Å². The van der Waals surface area contributed by atoms with Gasteiger partial charge in [0.15, 0.2) is 0 Å². The van der Waals surface area contributed by atoms with E-state index in [1.807, 2.05) is 62.4 Å². The second-order valence-electron chi connectivity index (χ2n) is 5.66. The fourth-order valence-corrected chi connectivity index (χ4v) is 2.65. The van der Waals surface area contributed by atoms with E-state index >= 15 is 0 Å². The molecule has 3 rings (SSSR count). The number of nitrogens with zero attached hydrogens (tertiary/aromatic N) is 2. The third-order valence-corrected chi connectivity index (χ3v) is 3.87. The lowest BCUT2D eigenvalue weighted by atomic mass is 10.2. The molecule has 128 valence electrons. The minimum Gasteiger partial charge on any atom is -0.497 e. The Hall–Kier alpha value is -2.79. The Morgan fingerprint density at radius 1 is 0.960 bits per heavy atom. The second kappa shape index (κ2) is 7.40. The van der Waals surface area contributed by atoms with Crippen molar-refractivity contribution in [1.29, 1.82) is 0 Å². The van der Waals surface area contributed by atoms with E-state index in [1.165, 1.54) is 0 Å². The quantitative estimate of drug-likeness (QED) is 0.656. The highest BCUT2D eigenvalue weighted by atomic mass is 35.5. The molecule has 2 N–H and O–H groups in total. The number of nitrogens with one attached hydrogen (secondary N) is 2. The van der Waals surface area contributed by atoms with Crippen molar-refractivity contribution in [3.63, 3.8) is 0 Å². The van der Waals surface area contributed by atoms with E-state index in [2.05, 4.69) is 20.6 Å². The maximum absolute atomic E-state index is 6.01. The molecular formula is C19H19ClN4O. The molecule has 0 saturated heterocycles. The zero-order valence-corrected chi connectivity index (χ0v) is 15.1. The van der Waals surface area contributed by atoms with Crippen LogP contribution in [0.2, 0.25) is 5.02 Å². The number of halogens is 1. The van der Waals surface area contributed by atoms with Crippen molar-refractivity contribution < 1.29 is 4.74 Å². The van der Waals surface area contributed by atoms with E-state index < -0.39 is 0 Å². The summed E-state index contributed by atoms with van der Waals surface area (Å²) in [7, 11) is 1.64. The van der Waals surface area contributed by atoms with Crippen molar-refractivity contribution in [1.82, 2.24) is 9.97 Å². The summed E-state index contributed by atoms with van der Waals surface area (Å²) in [6, 6.07) is 15.2. The van der Waals surface area contributed by atoms with Crippen LogP contribution < -0.4 is 15.4 Å². The molecule has 3 aromatic rings. The van der Waals surface area contributed by atoms with Crippen LogP contribution in [-0.4, -0.2) is 17.1 Å². The summed E-state index contributed by atoms with van der Waals surface area (Å²) in [5.41, 5.74) is 3.72. The number of aryl methyl sites for hydroxylation is 2. The second-order valence-corrected chi connectivity index (χ2v) is 6.10. The molecule has 0 unspecified atom stereocenters. The topological polar surface area (TPSA) is 59.1 Å². The third kappa shape index (κ3) is 4.39. The predicted octanol–water partition coefficient (Wildman–Crippen LogP) is 5.24. The van der Waals surface area contributed by atoms with Gasteiger partial charge in [-0.15, -0.1) is 0 Å². The SMILES string of the molecule is COc1cccc(Nc2nc(C)cc(Nc3ccc(Cl)cc3C)n2)c1. The maximum Gasteiger partial charge on any atom is 0.229 e. The zero-order chi connectivity index (χ0) is 17.8. The van der Waals surface area contributed by atoms with Crippen LogP contribution in [0.5, 0.6) is 5.75 Å². The molecule has 0 aliphatic heterocycles. The van der Waals surface area contributed by atoms with Crippen LogP contribution in [0.15, 0.2) is 48.5 Å². The minimum atomic E-state index is 0.516. The maximum atomic E-state index is 6.01. The molecular weight excluding hydrogens is 336 g/mol. The van der Waals surface area contributed by atoms with Crippen LogP contribution in [0.4, 0.5) is 23.1 Å². The lowest BCUT2D eigenvalue weighted by Gasteiger charge is -2.12. The molecule has 1 heterocycles. The molecule has 0 fully saturated rings. The van der Waals surface area contributed by atoms with Gasteiger partial charge >= 0.3 is 0 Å². The summed E-state index contributed by atoms with van der Waals surface area (Å²) in [4.78, 5) is 8.97. The van der Waals surface area contributed by atoms with E-state index in [0.717, 1.165) is 28.4 Å². The van der Waals surface area contributed by atoms with Crippen molar-refractivity contribution in [3.8, 4) is 5.75 Å². The zero-order valence-electron chi connectivity index (χ0n) is 14.3. The van der Waals surface area contributed by atoms with E-state index in [0.29, 0.717) is 16.8 Å². The number of hydrogen-bond donors (Lipinski definition) is 2. The minimum absolute atomic E-state index is 0.516. The molecule has 1 aromatic heterocycles. The van der Waals surface area contributed by atoms with Gasteiger partial charge in [0.2, 0.25) is 5.95 Å². The number of hydrogen-bond acceptors (Lipinski definition) is 5. The van der Waals surface area contributed by atoms with E-state index in [4.69, 9.17) is 16.3 Å². The van der Waals surface area contributed by atoms with Crippen molar-refractivity contribution >= 4 is 34.7 Å². The third-order valence-electron chi connectivity index (χ3n) is 3.63. The van der Waals surface area contributed by atoms with Gasteiger partial charge in [0.05, 0.1) is 7.11 Å². The summed E-state index contributed by atoms with van der Waals surface area (Å²) in [5.74, 6) is 2.00. The number of methoxy groups -OCH3 is 1. The first kappa shape index (κ1) is 17.0. The first-order valence-electron chi connectivity index (χ1n) is 7.83. The summed E-state index contributed by atoms with van der Waals surface area (Å²) in [6.07, 6.45) is 0. The monoisotopic (exact) mass is 354 g/mol. The Morgan fingerprint density at radius 2 is 1.80 bits per heavy atom. The Morgan fingerprint density at radius 3 is 2.56 bits per heavy atom. The largest absolute Gasteiger partial charge is 0.497 e. The molecule has 0 spiro atoms. The summed E-state index contributed by atoms with van der Waals surface area (Å²) in [6.45, 7) is 3.93. The van der Waals surface area contributed by atoms with Gasteiger partial charge in [-0.2, -0.15) is 4.98 Å². The standard InChI is InChI=1S/C19H19ClN4O/c1-12-9-14(20)7-8-17(12)23-18-10-13(2)21-19(24-18)22-15-5-4-6-16(11-15)25-3/h4-11H,1-3H3,(H2,21,22,23,24). The lowest BCUT2D eigenvalue weighted by Crippen LogP contribution is -2.03. The number of ether oxygens (including phenoxy) is 1. The number of anilines is 4. The van der Waals surface area contributed by atoms with Crippen LogP contribution in [0, 0.1) is 13.8 Å². The fourth-order valence-electron chi connectivity index (χ4n) is 2.42. The van der Waals surface area contributed by atoms with Crippen molar-refractivity contribution in [3.05, 3.63) is 64.8 Å². The molecule has 2 aromatic carbocycles. The molecule has 5 nitrogen and oxygen atoms in total. The summed E-state index contributed by atoms with van der Waals surface area (Å²) >= 11 is 6.01. The van der Waals surface area contributed by atoms with E-state index in [9.17, 15) is 0 Å². The smallest absolute Gasteiger partial charge is 0.229 e. The van der Waals surface area contributed by atoms with Crippen molar-refractivity contribution in [2.75, 3.05) is 17.7 Å². The van der Waals surface area contributed by atoms with Crippen molar-refractivity contribution in [2.45, 2.75) is 13.8 Å². The number of rotatable bonds is 5. The first-order chi connectivity index (χ1) is 12.0.